The molecule has 1 atom stereocenters. The van der Waals surface area contributed by atoms with Crippen molar-refractivity contribution in [2.24, 2.45) is 11.5 Å². The van der Waals surface area contributed by atoms with E-state index in [1.165, 1.54) is 11.1 Å². The molecule has 5 N–H and O–H groups in total. The molecule has 1 unspecified atom stereocenters. The fourth-order valence-electron chi connectivity index (χ4n) is 1.90. The van der Waals surface area contributed by atoms with Gasteiger partial charge in [-0.15, -0.1) is 0 Å². The molecule has 100 valence electrons. The number of rotatable bonds is 5. The van der Waals surface area contributed by atoms with Crippen molar-refractivity contribution in [2.75, 3.05) is 26.3 Å². The molecule has 0 aromatic heterocycles. The van der Waals surface area contributed by atoms with Crippen LogP contribution in [0.25, 0.3) is 0 Å². The maximum absolute atomic E-state index is 5.75. The molecule has 1 aromatic rings. The van der Waals surface area contributed by atoms with E-state index in [1.54, 1.807) is 0 Å². The molecular formula is C13H21N3O2. The standard InChI is InChI=1S/C13H21N3O2/c1-9-4-12-13(18-3-2-17-12)5-10(9)7-16-8-11(15)6-14/h4-5,11,16H,2-3,6-8,14-15H2,1H3. The van der Waals surface area contributed by atoms with E-state index in [1.807, 2.05) is 12.1 Å². The van der Waals surface area contributed by atoms with Crippen molar-refractivity contribution in [1.82, 2.24) is 5.32 Å². The summed E-state index contributed by atoms with van der Waals surface area (Å²) in [5.74, 6) is 1.66. The molecule has 0 amide bonds. The van der Waals surface area contributed by atoms with Crippen molar-refractivity contribution in [2.45, 2.75) is 19.5 Å². The minimum Gasteiger partial charge on any atom is -0.486 e. The smallest absolute Gasteiger partial charge is 0.161 e. The summed E-state index contributed by atoms with van der Waals surface area (Å²) < 4.78 is 11.1. The second-order valence-corrected chi connectivity index (χ2v) is 4.55. The molecule has 2 rings (SSSR count). The number of ether oxygens (including phenoxy) is 2. The Bertz CT molecular complexity index is 409. The zero-order valence-corrected chi connectivity index (χ0v) is 10.7. The summed E-state index contributed by atoms with van der Waals surface area (Å²) in [7, 11) is 0. The van der Waals surface area contributed by atoms with Gasteiger partial charge in [0, 0.05) is 25.7 Å². The number of aryl methyl sites for hydroxylation is 1. The second-order valence-electron chi connectivity index (χ2n) is 4.55. The van der Waals surface area contributed by atoms with Gasteiger partial charge in [0.15, 0.2) is 11.5 Å². The monoisotopic (exact) mass is 251 g/mol. The summed E-state index contributed by atoms with van der Waals surface area (Å²) in [5.41, 5.74) is 13.6. The van der Waals surface area contributed by atoms with E-state index in [4.69, 9.17) is 20.9 Å². The van der Waals surface area contributed by atoms with E-state index >= 15 is 0 Å². The van der Waals surface area contributed by atoms with E-state index in [2.05, 4.69) is 12.2 Å². The Labute approximate surface area is 107 Å². The summed E-state index contributed by atoms with van der Waals surface area (Å²) in [6, 6.07) is 4.06. The van der Waals surface area contributed by atoms with Crippen LogP contribution < -0.4 is 26.3 Å². The Hall–Kier alpha value is -1.30. The van der Waals surface area contributed by atoms with Gasteiger partial charge in [-0.3, -0.25) is 0 Å². The first-order chi connectivity index (χ1) is 8.70. The van der Waals surface area contributed by atoms with Crippen LogP contribution in [-0.2, 0) is 6.54 Å². The highest BCUT2D eigenvalue weighted by Gasteiger charge is 2.13. The lowest BCUT2D eigenvalue weighted by molar-refractivity contribution is 0.171. The summed E-state index contributed by atoms with van der Waals surface area (Å²) in [4.78, 5) is 0. The summed E-state index contributed by atoms with van der Waals surface area (Å²) >= 11 is 0. The van der Waals surface area contributed by atoms with Crippen molar-refractivity contribution >= 4 is 0 Å². The van der Waals surface area contributed by atoms with E-state index in [0.29, 0.717) is 26.3 Å². The predicted molar refractivity (Wildman–Crippen MR) is 70.9 cm³/mol. The number of nitrogens with two attached hydrogens (primary N) is 2. The van der Waals surface area contributed by atoms with Gasteiger partial charge in [0.05, 0.1) is 0 Å². The molecule has 5 heteroatoms. The average Bonchev–Trinajstić information content (AvgIpc) is 2.39. The third-order valence-electron chi connectivity index (χ3n) is 3.03. The van der Waals surface area contributed by atoms with Crippen LogP contribution in [0.3, 0.4) is 0 Å². The molecule has 5 nitrogen and oxygen atoms in total. The van der Waals surface area contributed by atoms with Crippen molar-refractivity contribution in [3.63, 3.8) is 0 Å². The number of nitrogens with one attached hydrogen (secondary N) is 1. The van der Waals surface area contributed by atoms with Gasteiger partial charge in [-0.2, -0.15) is 0 Å². The lowest BCUT2D eigenvalue weighted by atomic mass is 10.1. The molecule has 1 aliphatic heterocycles. The molecule has 0 aliphatic carbocycles. The molecule has 0 saturated heterocycles. The summed E-state index contributed by atoms with van der Waals surface area (Å²) in [6.45, 7) is 5.27. The van der Waals surface area contributed by atoms with Crippen LogP contribution in [0.4, 0.5) is 0 Å². The lowest BCUT2D eigenvalue weighted by Crippen LogP contribution is -2.39. The Morgan fingerprint density at radius 1 is 1.28 bits per heavy atom. The Morgan fingerprint density at radius 3 is 2.61 bits per heavy atom. The molecule has 0 spiro atoms. The zero-order valence-electron chi connectivity index (χ0n) is 10.7. The quantitative estimate of drug-likeness (QED) is 0.693. The van der Waals surface area contributed by atoms with E-state index in [-0.39, 0.29) is 6.04 Å². The fourth-order valence-corrected chi connectivity index (χ4v) is 1.90. The second kappa shape index (κ2) is 6.04. The van der Waals surface area contributed by atoms with Crippen LogP contribution in [0.5, 0.6) is 11.5 Å². The van der Waals surface area contributed by atoms with E-state index in [0.717, 1.165) is 18.0 Å². The van der Waals surface area contributed by atoms with Crippen LogP contribution in [0.1, 0.15) is 11.1 Å². The Morgan fingerprint density at radius 2 is 1.94 bits per heavy atom. The van der Waals surface area contributed by atoms with Gasteiger partial charge in [-0.25, -0.2) is 0 Å². The molecule has 1 heterocycles. The zero-order chi connectivity index (χ0) is 13.0. The molecular weight excluding hydrogens is 230 g/mol. The van der Waals surface area contributed by atoms with Crippen molar-refractivity contribution in [1.29, 1.82) is 0 Å². The predicted octanol–water partition coefficient (Wildman–Crippen LogP) is 0.142. The third kappa shape index (κ3) is 3.13. The minimum atomic E-state index is 0.00233. The highest BCUT2D eigenvalue weighted by Crippen LogP contribution is 2.32. The third-order valence-corrected chi connectivity index (χ3v) is 3.03. The van der Waals surface area contributed by atoms with E-state index in [9.17, 15) is 0 Å². The molecule has 0 saturated carbocycles. The summed E-state index contributed by atoms with van der Waals surface area (Å²) in [6.07, 6.45) is 0. The van der Waals surface area contributed by atoms with Crippen LogP contribution >= 0.6 is 0 Å². The maximum atomic E-state index is 5.75. The van der Waals surface area contributed by atoms with Gasteiger partial charge in [0.25, 0.3) is 0 Å². The molecule has 0 radical (unpaired) electrons. The molecule has 18 heavy (non-hydrogen) atoms. The largest absolute Gasteiger partial charge is 0.486 e. The van der Waals surface area contributed by atoms with Crippen molar-refractivity contribution in [3.8, 4) is 11.5 Å². The Balaban J connectivity index is 2.00. The van der Waals surface area contributed by atoms with Crippen LogP contribution in [0.15, 0.2) is 12.1 Å². The van der Waals surface area contributed by atoms with Crippen LogP contribution in [0.2, 0.25) is 0 Å². The average molecular weight is 251 g/mol. The molecule has 1 aromatic carbocycles. The number of fused-ring (bicyclic) bond motifs is 1. The lowest BCUT2D eigenvalue weighted by Gasteiger charge is -2.20. The topological polar surface area (TPSA) is 82.5 Å². The maximum Gasteiger partial charge on any atom is 0.161 e. The van der Waals surface area contributed by atoms with Gasteiger partial charge in [-0.05, 0) is 30.2 Å². The van der Waals surface area contributed by atoms with Gasteiger partial charge in [0.1, 0.15) is 13.2 Å². The number of hydrogen-bond donors (Lipinski definition) is 3. The van der Waals surface area contributed by atoms with E-state index < -0.39 is 0 Å². The first kappa shape index (κ1) is 13.1. The van der Waals surface area contributed by atoms with Crippen LogP contribution in [0, 0.1) is 6.92 Å². The first-order valence-corrected chi connectivity index (χ1v) is 6.26. The number of benzene rings is 1. The molecule has 1 aliphatic rings. The normalized spacial score (nSPS) is 15.5. The Kier molecular flexibility index (Phi) is 4.41. The van der Waals surface area contributed by atoms with Crippen LogP contribution in [-0.4, -0.2) is 32.3 Å². The molecule has 0 bridgehead atoms. The number of hydrogen-bond acceptors (Lipinski definition) is 5. The SMILES string of the molecule is Cc1cc2c(cc1CNCC(N)CN)OCCO2. The van der Waals surface area contributed by atoms with Crippen molar-refractivity contribution < 1.29 is 9.47 Å². The van der Waals surface area contributed by atoms with Gasteiger partial charge in [0.2, 0.25) is 0 Å². The van der Waals surface area contributed by atoms with Crippen molar-refractivity contribution in [3.05, 3.63) is 23.3 Å². The summed E-state index contributed by atoms with van der Waals surface area (Å²) in [5, 5.41) is 3.30. The highest BCUT2D eigenvalue weighted by atomic mass is 16.6. The van der Waals surface area contributed by atoms with Gasteiger partial charge in [-0.1, -0.05) is 0 Å². The fraction of sp³-hybridized carbons (Fsp3) is 0.538. The molecule has 0 fully saturated rings. The minimum absolute atomic E-state index is 0.00233. The highest BCUT2D eigenvalue weighted by molar-refractivity contribution is 5.47. The van der Waals surface area contributed by atoms with Gasteiger partial charge < -0.3 is 26.3 Å². The van der Waals surface area contributed by atoms with Gasteiger partial charge >= 0.3 is 0 Å². The first-order valence-electron chi connectivity index (χ1n) is 6.26.